The number of para-hydroxylation sites is 1. The van der Waals surface area contributed by atoms with E-state index < -0.39 is 0 Å². The molecule has 1 aromatic heterocycles. The highest BCUT2D eigenvalue weighted by atomic mass is 16.1. The van der Waals surface area contributed by atoms with Gasteiger partial charge in [0.15, 0.2) is 5.78 Å². The van der Waals surface area contributed by atoms with Crippen LogP contribution in [0.15, 0.2) is 66.9 Å². The van der Waals surface area contributed by atoms with Gasteiger partial charge in [0.1, 0.15) is 0 Å². The molecule has 2 aromatic carbocycles. The van der Waals surface area contributed by atoms with Crippen LogP contribution in [0.3, 0.4) is 0 Å². The van der Waals surface area contributed by atoms with E-state index in [1.54, 1.807) is 13.1 Å². The van der Waals surface area contributed by atoms with Crippen LogP contribution in [0.5, 0.6) is 0 Å². The van der Waals surface area contributed by atoms with E-state index in [2.05, 4.69) is 5.10 Å². The van der Waals surface area contributed by atoms with Crippen molar-refractivity contribution in [1.29, 1.82) is 0 Å². The molecule has 0 bridgehead atoms. The van der Waals surface area contributed by atoms with Gasteiger partial charge in [0.2, 0.25) is 0 Å². The number of carbonyl (C=O) groups excluding carboxylic acids is 1. The van der Waals surface area contributed by atoms with Gasteiger partial charge in [0.25, 0.3) is 0 Å². The molecular weight excluding hydrogens is 248 g/mol. The van der Waals surface area contributed by atoms with E-state index in [0.717, 1.165) is 16.9 Å². The molecule has 0 fully saturated rings. The molecule has 0 aliphatic carbocycles. The van der Waals surface area contributed by atoms with Crippen LogP contribution < -0.4 is 0 Å². The second kappa shape index (κ2) is 5.13. The Hall–Kier alpha value is -2.68. The molecule has 0 aliphatic rings. The van der Waals surface area contributed by atoms with Crippen molar-refractivity contribution in [3.63, 3.8) is 0 Å². The topological polar surface area (TPSA) is 34.9 Å². The maximum absolute atomic E-state index is 11.8. The summed E-state index contributed by atoms with van der Waals surface area (Å²) in [5.74, 6) is 0.0195. The van der Waals surface area contributed by atoms with Crippen molar-refractivity contribution in [3.05, 3.63) is 72.4 Å². The number of aromatic nitrogens is 2. The maximum atomic E-state index is 11.8. The molecule has 3 aromatic rings. The molecule has 3 rings (SSSR count). The van der Waals surface area contributed by atoms with Crippen LogP contribution in [0.1, 0.15) is 17.3 Å². The van der Waals surface area contributed by atoms with Crippen molar-refractivity contribution in [1.82, 2.24) is 9.78 Å². The molecule has 0 atom stereocenters. The smallest absolute Gasteiger partial charge is 0.163 e. The Morgan fingerprint density at radius 2 is 1.55 bits per heavy atom. The number of benzene rings is 2. The van der Waals surface area contributed by atoms with E-state index in [-0.39, 0.29) is 5.78 Å². The molecule has 3 nitrogen and oxygen atoms in total. The van der Waals surface area contributed by atoms with Crippen LogP contribution in [0, 0.1) is 0 Å². The molecule has 98 valence electrons. The summed E-state index contributed by atoms with van der Waals surface area (Å²) < 4.78 is 1.81. The molecule has 0 aliphatic heterocycles. The monoisotopic (exact) mass is 262 g/mol. The van der Waals surface area contributed by atoms with Gasteiger partial charge in [-0.1, -0.05) is 48.5 Å². The van der Waals surface area contributed by atoms with E-state index in [1.807, 2.05) is 65.3 Å². The highest BCUT2D eigenvalue weighted by molar-refractivity contribution is 6.00. The molecule has 0 spiro atoms. The van der Waals surface area contributed by atoms with E-state index in [4.69, 9.17) is 0 Å². The molecule has 0 radical (unpaired) electrons. The zero-order chi connectivity index (χ0) is 13.9. The van der Waals surface area contributed by atoms with Crippen molar-refractivity contribution >= 4 is 5.78 Å². The predicted octanol–water partition coefficient (Wildman–Crippen LogP) is 3.74. The average molecular weight is 262 g/mol. The van der Waals surface area contributed by atoms with E-state index in [1.165, 1.54) is 0 Å². The predicted molar refractivity (Wildman–Crippen MR) is 79.0 cm³/mol. The zero-order valence-corrected chi connectivity index (χ0v) is 11.2. The highest BCUT2D eigenvalue weighted by Gasteiger charge is 2.16. The quantitative estimate of drug-likeness (QED) is 0.674. The lowest BCUT2D eigenvalue weighted by atomic mass is 10.1. The second-order valence-electron chi connectivity index (χ2n) is 4.58. The van der Waals surface area contributed by atoms with Gasteiger partial charge >= 0.3 is 0 Å². The standard InChI is InChI=1S/C17H14N2O/c1-13(20)16-12-18-19(15-10-6-3-7-11-15)17(16)14-8-4-2-5-9-14/h2-12H,1H3. The van der Waals surface area contributed by atoms with Gasteiger partial charge in [-0.2, -0.15) is 5.10 Å². The lowest BCUT2D eigenvalue weighted by Gasteiger charge is -2.09. The number of hydrogen-bond acceptors (Lipinski definition) is 2. The summed E-state index contributed by atoms with van der Waals surface area (Å²) in [6.07, 6.45) is 1.64. The lowest BCUT2D eigenvalue weighted by molar-refractivity contribution is 0.101. The second-order valence-corrected chi connectivity index (χ2v) is 4.58. The summed E-state index contributed by atoms with van der Waals surface area (Å²) in [4.78, 5) is 11.8. The summed E-state index contributed by atoms with van der Waals surface area (Å²) in [6.45, 7) is 1.57. The van der Waals surface area contributed by atoms with Crippen molar-refractivity contribution in [2.45, 2.75) is 6.92 Å². The Bertz CT molecular complexity index is 730. The minimum atomic E-state index is 0.0195. The number of rotatable bonds is 3. The fourth-order valence-electron chi connectivity index (χ4n) is 2.24. The molecule has 0 N–H and O–H groups in total. The first-order valence-corrected chi connectivity index (χ1v) is 6.47. The summed E-state index contributed by atoms with van der Waals surface area (Å²) in [7, 11) is 0. The van der Waals surface area contributed by atoms with Crippen molar-refractivity contribution in [2.75, 3.05) is 0 Å². The van der Waals surface area contributed by atoms with E-state index in [0.29, 0.717) is 5.56 Å². The van der Waals surface area contributed by atoms with Crippen molar-refractivity contribution < 1.29 is 4.79 Å². The zero-order valence-electron chi connectivity index (χ0n) is 11.2. The molecule has 0 saturated heterocycles. The minimum Gasteiger partial charge on any atom is -0.294 e. The number of Topliss-reactive ketones (excluding diaryl/α,β-unsaturated/α-hetero) is 1. The number of hydrogen-bond donors (Lipinski definition) is 0. The molecular formula is C17H14N2O. The molecule has 0 amide bonds. The summed E-state index contributed by atoms with van der Waals surface area (Å²) >= 11 is 0. The number of nitrogens with zero attached hydrogens (tertiary/aromatic N) is 2. The van der Waals surface area contributed by atoms with Gasteiger partial charge < -0.3 is 0 Å². The SMILES string of the molecule is CC(=O)c1cnn(-c2ccccc2)c1-c1ccccc1. The molecule has 20 heavy (non-hydrogen) atoms. The van der Waals surface area contributed by atoms with Gasteiger partial charge in [-0.3, -0.25) is 4.79 Å². The first-order valence-electron chi connectivity index (χ1n) is 6.47. The van der Waals surface area contributed by atoms with Crippen LogP contribution in [0.25, 0.3) is 16.9 Å². The summed E-state index contributed by atoms with van der Waals surface area (Å²) in [5, 5.41) is 4.38. The minimum absolute atomic E-state index is 0.0195. The van der Waals surface area contributed by atoms with Crippen LogP contribution >= 0.6 is 0 Å². The van der Waals surface area contributed by atoms with Gasteiger partial charge in [0.05, 0.1) is 23.1 Å². The molecule has 0 unspecified atom stereocenters. The largest absolute Gasteiger partial charge is 0.294 e. The van der Waals surface area contributed by atoms with E-state index >= 15 is 0 Å². The highest BCUT2D eigenvalue weighted by Crippen LogP contribution is 2.26. The third-order valence-electron chi connectivity index (χ3n) is 3.20. The van der Waals surface area contributed by atoms with Crippen LogP contribution in [-0.4, -0.2) is 15.6 Å². The maximum Gasteiger partial charge on any atom is 0.163 e. The Balaban J connectivity index is 2.25. The lowest BCUT2D eigenvalue weighted by Crippen LogP contribution is -2.01. The Morgan fingerprint density at radius 1 is 0.950 bits per heavy atom. The third kappa shape index (κ3) is 2.14. The molecule has 0 saturated carbocycles. The Kier molecular flexibility index (Phi) is 3.17. The summed E-state index contributed by atoms with van der Waals surface area (Å²) in [5.41, 5.74) is 3.40. The number of carbonyl (C=O) groups is 1. The van der Waals surface area contributed by atoms with E-state index in [9.17, 15) is 4.79 Å². The van der Waals surface area contributed by atoms with Gasteiger partial charge in [0, 0.05) is 5.56 Å². The van der Waals surface area contributed by atoms with Gasteiger partial charge in [-0.25, -0.2) is 4.68 Å². The molecule has 3 heteroatoms. The first kappa shape index (κ1) is 12.4. The molecule has 1 heterocycles. The third-order valence-corrected chi connectivity index (χ3v) is 3.20. The fraction of sp³-hybridized carbons (Fsp3) is 0.0588. The number of ketones is 1. The van der Waals surface area contributed by atoms with Crippen molar-refractivity contribution in [3.8, 4) is 16.9 Å². The average Bonchev–Trinajstić information content (AvgIpc) is 2.94. The van der Waals surface area contributed by atoms with Crippen LogP contribution in [-0.2, 0) is 0 Å². The van der Waals surface area contributed by atoms with Crippen LogP contribution in [0.4, 0.5) is 0 Å². The Morgan fingerprint density at radius 3 is 2.15 bits per heavy atom. The Labute approximate surface area is 117 Å². The van der Waals surface area contributed by atoms with Crippen molar-refractivity contribution in [2.24, 2.45) is 0 Å². The summed E-state index contributed by atoms with van der Waals surface area (Å²) in [6, 6.07) is 19.7. The fourth-order valence-corrected chi connectivity index (χ4v) is 2.24. The van der Waals surface area contributed by atoms with Gasteiger partial charge in [-0.05, 0) is 19.1 Å². The normalized spacial score (nSPS) is 10.4. The first-order chi connectivity index (χ1) is 9.77. The van der Waals surface area contributed by atoms with Gasteiger partial charge in [-0.15, -0.1) is 0 Å². The van der Waals surface area contributed by atoms with Crippen LogP contribution in [0.2, 0.25) is 0 Å².